The molecule has 18 heavy (non-hydrogen) atoms. The number of piperidine rings is 1. The summed E-state index contributed by atoms with van der Waals surface area (Å²) in [6.45, 7) is 7.54. The van der Waals surface area contributed by atoms with E-state index < -0.39 is 0 Å². The third-order valence-corrected chi connectivity index (χ3v) is 4.60. The van der Waals surface area contributed by atoms with Crippen LogP contribution in [0.3, 0.4) is 0 Å². The lowest BCUT2D eigenvalue weighted by atomic mass is 10.0. The maximum Gasteiger partial charge on any atom is 0.0217 e. The van der Waals surface area contributed by atoms with Crippen LogP contribution in [0.1, 0.15) is 44.9 Å². The predicted octanol–water partition coefficient (Wildman–Crippen LogP) is 1.94. The van der Waals surface area contributed by atoms with E-state index in [1.54, 1.807) is 0 Å². The van der Waals surface area contributed by atoms with Crippen LogP contribution in [0, 0.1) is 0 Å². The monoisotopic (exact) mass is 253 g/mol. The Kier molecular flexibility index (Phi) is 6.46. The van der Waals surface area contributed by atoms with Crippen LogP contribution in [-0.2, 0) is 0 Å². The van der Waals surface area contributed by atoms with E-state index in [0.29, 0.717) is 0 Å². The Balaban J connectivity index is 1.54. The number of nitrogens with one attached hydrogen (secondary N) is 1. The Bertz CT molecular complexity index is 212. The van der Waals surface area contributed by atoms with E-state index in [9.17, 15) is 0 Å². The molecule has 2 saturated heterocycles. The van der Waals surface area contributed by atoms with Crippen LogP contribution in [-0.4, -0.2) is 62.2 Å². The minimum atomic E-state index is 0.780. The van der Waals surface area contributed by atoms with Crippen LogP contribution in [0.5, 0.6) is 0 Å². The fraction of sp³-hybridized carbons (Fsp3) is 1.00. The van der Waals surface area contributed by atoms with Gasteiger partial charge in [0.05, 0.1) is 0 Å². The van der Waals surface area contributed by atoms with E-state index in [-0.39, 0.29) is 0 Å². The van der Waals surface area contributed by atoms with Gasteiger partial charge in [0, 0.05) is 25.7 Å². The van der Waals surface area contributed by atoms with Crippen LogP contribution in [0.15, 0.2) is 0 Å². The SMILES string of the molecule is CN1CCCCC1CNCCN1CCCCCC1. The van der Waals surface area contributed by atoms with Crippen molar-refractivity contribution in [2.75, 3.05) is 46.3 Å². The third kappa shape index (κ3) is 4.87. The van der Waals surface area contributed by atoms with Gasteiger partial charge >= 0.3 is 0 Å². The van der Waals surface area contributed by atoms with E-state index in [4.69, 9.17) is 0 Å². The molecule has 106 valence electrons. The van der Waals surface area contributed by atoms with Crippen LogP contribution in [0.25, 0.3) is 0 Å². The van der Waals surface area contributed by atoms with E-state index in [0.717, 1.165) is 6.04 Å². The van der Waals surface area contributed by atoms with Gasteiger partial charge in [-0.25, -0.2) is 0 Å². The second-order valence-electron chi connectivity index (χ2n) is 6.09. The first-order valence-electron chi connectivity index (χ1n) is 7.99. The summed E-state index contributed by atoms with van der Waals surface area (Å²) < 4.78 is 0. The van der Waals surface area contributed by atoms with Gasteiger partial charge in [-0.2, -0.15) is 0 Å². The molecule has 2 aliphatic rings. The van der Waals surface area contributed by atoms with E-state index in [2.05, 4.69) is 22.2 Å². The highest BCUT2D eigenvalue weighted by atomic mass is 15.2. The lowest BCUT2D eigenvalue weighted by molar-refractivity contribution is 0.179. The Morgan fingerprint density at radius 3 is 2.39 bits per heavy atom. The van der Waals surface area contributed by atoms with Crippen molar-refractivity contribution >= 4 is 0 Å². The number of likely N-dealkylation sites (tertiary alicyclic amines) is 2. The van der Waals surface area contributed by atoms with Gasteiger partial charge in [-0.1, -0.05) is 19.3 Å². The lowest BCUT2D eigenvalue weighted by Gasteiger charge is -2.32. The molecule has 0 amide bonds. The zero-order chi connectivity index (χ0) is 12.6. The molecule has 0 aromatic rings. The molecule has 0 aliphatic carbocycles. The maximum absolute atomic E-state index is 3.67. The zero-order valence-corrected chi connectivity index (χ0v) is 12.2. The molecule has 2 rings (SSSR count). The first-order valence-corrected chi connectivity index (χ1v) is 7.99. The number of likely N-dealkylation sites (N-methyl/N-ethyl adjacent to an activating group) is 1. The minimum absolute atomic E-state index is 0.780. The van der Waals surface area contributed by atoms with Crippen molar-refractivity contribution in [3.8, 4) is 0 Å². The molecule has 0 saturated carbocycles. The standard InChI is InChI=1S/C15H31N3/c1-17-10-7-4-8-15(17)14-16-9-13-18-11-5-2-3-6-12-18/h15-16H,2-14H2,1H3. The molecule has 0 aromatic heterocycles. The molecule has 0 bridgehead atoms. The Morgan fingerprint density at radius 2 is 1.67 bits per heavy atom. The van der Waals surface area contributed by atoms with Crippen LogP contribution in [0.4, 0.5) is 0 Å². The quantitative estimate of drug-likeness (QED) is 0.755. The summed E-state index contributed by atoms with van der Waals surface area (Å²) >= 11 is 0. The molecule has 2 aliphatic heterocycles. The topological polar surface area (TPSA) is 18.5 Å². The summed E-state index contributed by atoms with van der Waals surface area (Å²) in [7, 11) is 2.28. The van der Waals surface area contributed by atoms with Gasteiger partial charge in [-0.05, 0) is 52.4 Å². The van der Waals surface area contributed by atoms with Gasteiger partial charge < -0.3 is 15.1 Å². The highest BCUT2D eigenvalue weighted by molar-refractivity contribution is 4.76. The van der Waals surface area contributed by atoms with Crippen LogP contribution < -0.4 is 5.32 Å². The van der Waals surface area contributed by atoms with Crippen molar-refractivity contribution < 1.29 is 0 Å². The zero-order valence-electron chi connectivity index (χ0n) is 12.2. The van der Waals surface area contributed by atoms with Gasteiger partial charge in [0.25, 0.3) is 0 Å². The largest absolute Gasteiger partial charge is 0.314 e. The van der Waals surface area contributed by atoms with Crippen molar-refractivity contribution in [2.24, 2.45) is 0 Å². The minimum Gasteiger partial charge on any atom is -0.314 e. The van der Waals surface area contributed by atoms with Gasteiger partial charge in [-0.3, -0.25) is 0 Å². The second-order valence-corrected chi connectivity index (χ2v) is 6.09. The molecule has 0 radical (unpaired) electrons. The molecule has 3 heteroatoms. The average Bonchev–Trinajstić information content (AvgIpc) is 2.65. The van der Waals surface area contributed by atoms with Crippen molar-refractivity contribution in [1.82, 2.24) is 15.1 Å². The van der Waals surface area contributed by atoms with Crippen molar-refractivity contribution in [1.29, 1.82) is 0 Å². The van der Waals surface area contributed by atoms with Gasteiger partial charge in [0.1, 0.15) is 0 Å². The Morgan fingerprint density at radius 1 is 0.944 bits per heavy atom. The van der Waals surface area contributed by atoms with Crippen LogP contribution >= 0.6 is 0 Å². The molecule has 2 heterocycles. The first-order chi connectivity index (χ1) is 8.86. The summed E-state index contributed by atoms with van der Waals surface area (Å²) in [5.41, 5.74) is 0. The predicted molar refractivity (Wildman–Crippen MR) is 78.0 cm³/mol. The second kappa shape index (κ2) is 8.13. The Labute approximate surface area is 113 Å². The highest BCUT2D eigenvalue weighted by Crippen LogP contribution is 2.14. The molecule has 1 atom stereocenters. The highest BCUT2D eigenvalue weighted by Gasteiger charge is 2.18. The van der Waals surface area contributed by atoms with Crippen molar-refractivity contribution in [3.63, 3.8) is 0 Å². The van der Waals surface area contributed by atoms with Gasteiger partial charge in [0.2, 0.25) is 0 Å². The fourth-order valence-electron chi connectivity index (χ4n) is 3.27. The number of nitrogens with zero attached hydrogens (tertiary/aromatic N) is 2. The molecule has 2 fully saturated rings. The number of hydrogen-bond acceptors (Lipinski definition) is 3. The summed E-state index contributed by atoms with van der Waals surface area (Å²) in [6.07, 6.45) is 9.89. The van der Waals surface area contributed by atoms with E-state index in [1.165, 1.54) is 84.2 Å². The summed E-state index contributed by atoms with van der Waals surface area (Å²) in [4.78, 5) is 5.17. The van der Waals surface area contributed by atoms with Gasteiger partial charge in [-0.15, -0.1) is 0 Å². The number of rotatable bonds is 5. The summed E-state index contributed by atoms with van der Waals surface area (Å²) in [5, 5.41) is 3.67. The first kappa shape index (κ1) is 14.3. The Hall–Kier alpha value is -0.120. The molecular formula is C15H31N3. The van der Waals surface area contributed by atoms with Crippen molar-refractivity contribution in [3.05, 3.63) is 0 Å². The molecule has 3 nitrogen and oxygen atoms in total. The summed E-state index contributed by atoms with van der Waals surface area (Å²) in [6, 6.07) is 0.780. The molecule has 1 unspecified atom stereocenters. The van der Waals surface area contributed by atoms with E-state index >= 15 is 0 Å². The van der Waals surface area contributed by atoms with Gasteiger partial charge in [0.15, 0.2) is 0 Å². The third-order valence-electron chi connectivity index (χ3n) is 4.60. The van der Waals surface area contributed by atoms with Crippen molar-refractivity contribution in [2.45, 2.75) is 51.0 Å². The average molecular weight is 253 g/mol. The molecule has 0 spiro atoms. The maximum atomic E-state index is 3.67. The summed E-state index contributed by atoms with van der Waals surface area (Å²) in [5.74, 6) is 0. The molecule has 1 N–H and O–H groups in total. The molecular weight excluding hydrogens is 222 g/mol. The number of hydrogen-bond donors (Lipinski definition) is 1. The van der Waals surface area contributed by atoms with E-state index in [1.807, 2.05) is 0 Å². The normalized spacial score (nSPS) is 28.2. The molecule has 0 aromatic carbocycles. The van der Waals surface area contributed by atoms with Crippen LogP contribution in [0.2, 0.25) is 0 Å². The lowest BCUT2D eigenvalue weighted by Crippen LogP contribution is -2.44. The fourth-order valence-corrected chi connectivity index (χ4v) is 3.27. The smallest absolute Gasteiger partial charge is 0.0217 e.